The number of anilines is 1. The molecule has 230 valence electrons. The maximum absolute atomic E-state index is 15.2. The van der Waals surface area contributed by atoms with Crippen molar-refractivity contribution in [3.63, 3.8) is 0 Å². The first kappa shape index (κ1) is 29.6. The van der Waals surface area contributed by atoms with E-state index in [4.69, 9.17) is 0 Å². The highest BCUT2D eigenvalue weighted by molar-refractivity contribution is 7.91. The summed E-state index contributed by atoms with van der Waals surface area (Å²) >= 11 is 0. The van der Waals surface area contributed by atoms with Crippen LogP contribution in [-0.2, 0) is 17.1 Å². The molecule has 0 radical (unpaired) electrons. The molecule has 2 N–H and O–H groups in total. The van der Waals surface area contributed by atoms with Crippen molar-refractivity contribution < 1.29 is 26.4 Å². The standard InChI is InChI=1S/C30H30F3N7O3S/c1-30(11-5-6-18(31)13-30)44(42,43)40-16-22(21-9-4-10-23(32)26(21)40)27-35-14-24(33)28(38-27)36-19-7-3-8-20(12-19)37-29(41)25-15-34-17-39(25)2/h4-6,9-10,13-17,19-20H,3,7-8,11-12H2,1-2H3,(H,37,41)(H,35,36,38)/t19-,20+,30?/m0/s1. The monoisotopic (exact) mass is 625 g/mol. The molecule has 14 heteroatoms. The van der Waals surface area contributed by atoms with E-state index in [-0.39, 0.29) is 52.5 Å². The number of rotatable bonds is 7. The van der Waals surface area contributed by atoms with Crippen molar-refractivity contribution in [3.8, 4) is 11.4 Å². The molecule has 2 aliphatic carbocycles. The molecule has 1 fully saturated rings. The van der Waals surface area contributed by atoms with Gasteiger partial charge in [-0.25, -0.2) is 40.5 Å². The van der Waals surface area contributed by atoms with Crippen LogP contribution < -0.4 is 10.6 Å². The Kier molecular flexibility index (Phi) is 7.56. The van der Waals surface area contributed by atoms with Crippen LogP contribution in [0.15, 0.2) is 67.2 Å². The first-order valence-electron chi connectivity index (χ1n) is 14.1. The number of carbonyl (C=O) groups excluding carboxylic acids is 1. The summed E-state index contributed by atoms with van der Waals surface area (Å²) in [5, 5.41) is 6.32. The third-order valence-electron chi connectivity index (χ3n) is 8.22. The van der Waals surface area contributed by atoms with Crippen LogP contribution in [0.2, 0.25) is 0 Å². The van der Waals surface area contributed by atoms with Gasteiger partial charge in [0.25, 0.3) is 5.91 Å². The van der Waals surface area contributed by atoms with Crippen LogP contribution >= 0.6 is 0 Å². The number of aryl methyl sites for hydroxylation is 1. The zero-order valence-electron chi connectivity index (χ0n) is 24.0. The third-order valence-corrected chi connectivity index (χ3v) is 10.5. The topological polar surface area (TPSA) is 124 Å². The summed E-state index contributed by atoms with van der Waals surface area (Å²) in [5.74, 6) is -2.61. The minimum Gasteiger partial charge on any atom is -0.365 e. The molecule has 3 heterocycles. The highest BCUT2D eigenvalue weighted by atomic mass is 32.2. The number of hydrogen-bond donors (Lipinski definition) is 2. The second-order valence-electron chi connectivity index (χ2n) is 11.4. The fourth-order valence-electron chi connectivity index (χ4n) is 5.86. The molecule has 10 nitrogen and oxygen atoms in total. The number of imidazole rings is 1. The smallest absolute Gasteiger partial charge is 0.269 e. The van der Waals surface area contributed by atoms with Gasteiger partial charge in [-0.3, -0.25) is 4.79 Å². The maximum atomic E-state index is 15.2. The van der Waals surface area contributed by atoms with E-state index in [2.05, 4.69) is 25.6 Å². The van der Waals surface area contributed by atoms with E-state index in [0.717, 1.165) is 35.2 Å². The van der Waals surface area contributed by atoms with Gasteiger partial charge in [-0.2, -0.15) is 0 Å². The molecule has 4 aromatic rings. The van der Waals surface area contributed by atoms with Gasteiger partial charge in [-0.15, -0.1) is 0 Å². The fraction of sp³-hybridized carbons (Fsp3) is 0.333. The molecule has 0 saturated heterocycles. The van der Waals surface area contributed by atoms with Gasteiger partial charge in [0.1, 0.15) is 27.6 Å². The molecule has 0 aliphatic heterocycles. The summed E-state index contributed by atoms with van der Waals surface area (Å²) in [5.41, 5.74) is 0.351. The summed E-state index contributed by atoms with van der Waals surface area (Å²) < 4.78 is 72.9. The van der Waals surface area contributed by atoms with Crippen LogP contribution in [0.5, 0.6) is 0 Å². The number of halogens is 3. The Bertz CT molecular complexity index is 1930. The second-order valence-corrected chi connectivity index (χ2v) is 13.7. The quantitative estimate of drug-likeness (QED) is 0.296. The van der Waals surface area contributed by atoms with E-state index in [0.29, 0.717) is 18.5 Å². The van der Waals surface area contributed by atoms with Crippen LogP contribution in [0.4, 0.5) is 19.0 Å². The van der Waals surface area contributed by atoms with Crippen molar-refractivity contribution in [2.45, 2.75) is 55.9 Å². The number of nitrogens with zero attached hydrogens (tertiary/aromatic N) is 5. The highest BCUT2D eigenvalue weighted by Crippen LogP contribution is 2.38. The van der Waals surface area contributed by atoms with Crippen LogP contribution in [0.1, 0.15) is 49.5 Å². The summed E-state index contributed by atoms with van der Waals surface area (Å²) in [4.78, 5) is 25.2. The number of carbonyl (C=O) groups is 1. The summed E-state index contributed by atoms with van der Waals surface area (Å²) in [6.45, 7) is 1.37. The van der Waals surface area contributed by atoms with Gasteiger partial charge in [0.2, 0.25) is 10.0 Å². The number of allylic oxidation sites excluding steroid dienone is 3. The molecule has 1 unspecified atom stereocenters. The molecule has 1 saturated carbocycles. The van der Waals surface area contributed by atoms with E-state index < -0.39 is 32.2 Å². The van der Waals surface area contributed by atoms with Crippen LogP contribution in [0, 0.1) is 11.6 Å². The van der Waals surface area contributed by atoms with Gasteiger partial charge in [-0.05, 0) is 57.2 Å². The van der Waals surface area contributed by atoms with Crippen molar-refractivity contribution >= 4 is 32.7 Å². The van der Waals surface area contributed by atoms with Gasteiger partial charge >= 0.3 is 0 Å². The minimum absolute atomic E-state index is 0.0156. The number of aromatic nitrogens is 5. The van der Waals surface area contributed by atoms with E-state index >= 15 is 8.78 Å². The van der Waals surface area contributed by atoms with E-state index in [9.17, 15) is 17.6 Å². The van der Waals surface area contributed by atoms with E-state index in [1.165, 1.54) is 43.6 Å². The molecule has 6 rings (SSSR count). The average Bonchev–Trinajstić information content (AvgIpc) is 3.59. The Morgan fingerprint density at radius 2 is 1.91 bits per heavy atom. The number of benzene rings is 1. The maximum Gasteiger partial charge on any atom is 0.269 e. The number of fused-ring (bicyclic) bond motifs is 1. The third kappa shape index (κ3) is 5.27. The number of amides is 1. The van der Waals surface area contributed by atoms with Crippen LogP contribution in [0.3, 0.4) is 0 Å². The zero-order valence-corrected chi connectivity index (χ0v) is 24.8. The van der Waals surface area contributed by atoms with Crippen molar-refractivity contribution in [1.29, 1.82) is 0 Å². The second kappa shape index (κ2) is 11.2. The summed E-state index contributed by atoms with van der Waals surface area (Å²) in [6, 6.07) is 3.69. The van der Waals surface area contributed by atoms with Crippen LogP contribution in [-0.4, -0.2) is 54.6 Å². The van der Waals surface area contributed by atoms with Crippen LogP contribution in [0.25, 0.3) is 22.3 Å². The van der Waals surface area contributed by atoms with Crippen molar-refractivity contribution in [1.82, 2.24) is 28.8 Å². The molecule has 3 aromatic heterocycles. The summed E-state index contributed by atoms with van der Waals surface area (Å²) in [7, 11) is -2.65. The first-order chi connectivity index (χ1) is 21.0. The first-order valence-corrected chi connectivity index (χ1v) is 15.6. The lowest BCUT2D eigenvalue weighted by Crippen LogP contribution is -2.42. The highest BCUT2D eigenvalue weighted by Gasteiger charge is 2.41. The molecule has 0 spiro atoms. The lowest BCUT2D eigenvalue weighted by molar-refractivity contribution is 0.0918. The molecule has 1 aromatic carbocycles. The Morgan fingerprint density at radius 1 is 1.11 bits per heavy atom. The lowest BCUT2D eigenvalue weighted by atomic mass is 9.91. The van der Waals surface area contributed by atoms with Gasteiger partial charge in [0.15, 0.2) is 17.5 Å². The molecule has 0 bridgehead atoms. The Morgan fingerprint density at radius 3 is 2.66 bits per heavy atom. The molecular weight excluding hydrogens is 595 g/mol. The number of hydrogen-bond acceptors (Lipinski definition) is 7. The lowest BCUT2D eigenvalue weighted by Gasteiger charge is -2.30. The minimum atomic E-state index is -4.38. The molecule has 2 aliphatic rings. The van der Waals surface area contributed by atoms with Crippen molar-refractivity contribution in [2.75, 3.05) is 5.32 Å². The Balaban J connectivity index is 1.30. The average molecular weight is 626 g/mol. The molecule has 44 heavy (non-hydrogen) atoms. The predicted octanol–water partition coefficient (Wildman–Crippen LogP) is 5.01. The summed E-state index contributed by atoms with van der Waals surface area (Å²) in [6.07, 6.45) is 11.5. The normalized spacial score (nSPS) is 22.2. The zero-order chi connectivity index (χ0) is 31.2. The predicted molar refractivity (Wildman–Crippen MR) is 159 cm³/mol. The number of para-hydroxylation sites is 1. The molecule has 3 atom stereocenters. The fourth-order valence-corrected chi connectivity index (χ4v) is 7.55. The molecule has 1 amide bonds. The largest absolute Gasteiger partial charge is 0.365 e. The van der Waals surface area contributed by atoms with Gasteiger partial charge in [-0.1, -0.05) is 18.2 Å². The van der Waals surface area contributed by atoms with E-state index in [1.807, 2.05) is 0 Å². The van der Waals surface area contributed by atoms with Gasteiger partial charge in [0, 0.05) is 36.3 Å². The number of nitrogens with one attached hydrogen (secondary N) is 2. The van der Waals surface area contributed by atoms with Gasteiger partial charge < -0.3 is 15.2 Å². The SMILES string of the molecule is Cn1cncc1C(=O)N[C@@H]1CCC[C@H](Nc2nc(-c3cn(S(=O)(=O)C4(C)C=C(F)C=CC4)c4c(F)cccc34)ncc2F)C1. The van der Waals surface area contributed by atoms with Crippen molar-refractivity contribution in [2.24, 2.45) is 7.05 Å². The molecular formula is C30H30F3N7O3S. The van der Waals surface area contributed by atoms with E-state index in [1.54, 1.807) is 17.9 Å². The Labute approximate surface area is 251 Å². The van der Waals surface area contributed by atoms with Gasteiger partial charge in [0.05, 0.1) is 18.7 Å². The van der Waals surface area contributed by atoms with Crippen molar-refractivity contribution in [3.05, 3.63) is 84.5 Å². The Hall–Kier alpha value is -4.46.